The third kappa shape index (κ3) is 4.70. The molecule has 0 fully saturated rings. The number of aromatic nitrogens is 3. The van der Waals surface area contributed by atoms with Crippen LogP contribution in [-0.2, 0) is 0 Å². The molecule has 0 saturated carbocycles. The minimum Gasteiger partial charge on any atom is -0.309 e. The summed E-state index contributed by atoms with van der Waals surface area (Å²) in [5, 5.41) is 2.30. The van der Waals surface area contributed by atoms with Crippen LogP contribution in [0.5, 0.6) is 0 Å². The molecule has 5 nitrogen and oxygen atoms in total. The number of nitrogens with zero attached hydrogens (tertiary/aromatic N) is 3. The number of benzene rings is 6. The zero-order chi connectivity index (χ0) is 32.9. The molecule has 2 heterocycles. The average molecular weight is 634 g/mol. The van der Waals surface area contributed by atoms with Gasteiger partial charge in [0.25, 0.3) is 5.56 Å². The van der Waals surface area contributed by atoms with Gasteiger partial charge in [0.05, 0.1) is 27.6 Å². The second-order valence-electron chi connectivity index (χ2n) is 12.4. The molecule has 0 amide bonds. The minimum atomic E-state index is -0.364. The van der Waals surface area contributed by atoms with E-state index >= 15 is 0 Å². The first-order chi connectivity index (χ1) is 24.2. The normalized spacial score (nSPS) is 12.9. The minimum absolute atomic E-state index is 0.328. The summed E-state index contributed by atoms with van der Waals surface area (Å²) in [5.41, 5.74) is 8.65. The third-order valence-corrected chi connectivity index (χ3v) is 9.54. The topological polar surface area (TPSA) is 48.9 Å². The Labute approximate surface area is 282 Å². The van der Waals surface area contributed by atoms with E-state index in [2.05, 4.69) is 95.6 Å². The highest BCUT2D eigenvalue weighted by Crippen LogP contribution is 2.38. The summed E-state index contributed by atoms with van der Waals surface area (Å²) in [6, 6.07) is 49.0. The predicted molar refractivity (Wildman–Crippen MR) is 202 cm³/mol. The molecule has 9 rings (SSSR count). The number of rotatable bonds is 5. The largest absolute Gasteiger partial charge is 0.340 e. The Morgan fingerprint density at radius 2 is 1.06 bits per heavy atom. The molecule has 0 N–H and O–H groups in total. The molecular weight excluding hydrogens is 603 g/mol. The fourth-order valence-corrected chi connectivity index (χ4v) is 7.33. The Bertz CT molecular complexity index is 2670. The number of para-hydroxylation sites is 2. The van der Waals surface area contributed by atoms with Gasteiger partial charge in [0.1, 0.15) is 0 Å². The van der Waals surface area contributed by atoms with E-state index in [-0.39, 0.29) is 11.2 Å². The Kier molecular flexibility index (Phi) is 6.83. The van der Waals surface area contributed by atoms with Crippen molar-refractivity contribution in [3.63, 3.8) is 0 Å². The lowest BCUT2D eigenvalue weighted by molar-refractivity contribution is 0.818. The van der Waals surface area contributed by atoms with Crippen molar-refractivity contribution < 1.29 is 0 Å². The van der Waals surface area contributed by atoms with Crippen LogP contribution < -0.4 is 11.2 Å². The first-order valence-electron chi connectivity index (χ1n) is 16.6. The van der Waals surface area contributed by atoms with Crippen LogP contribution in [0.3, 0.4) is 0 Å². The number of hydrogen-bond donors (Lipinski definition) is 0. The molecule has 0 radical (unpaired) electrons. The summed E-state index contributed by atoms with van der Waals surface area (Å²) < 4.78 is 5.33. The zero-order valence-electron chi connectivity index (χ0n) is 26.7. The Hall–Kier alpha value is -6.46. The first-order valence-corrected chi connectivity index (χ1v) is 16.6. The van der Waals surface area contributed by atoms with Gasteiger partial charge in [0, 0.05) is 22.2 Å². The van der Waals surface area contributed by atoms with Gasteiger partial charge in [-0.1, -0.05) is 109 Å². The van der Waals surface area contributed by atoms with Crippen molar-refractivity contribution in [2.45, 2.75) is 12.8 Å². The highest BCUT2D eigenvalue weighted by atomic mass is 16.2. The van der Waals surface area contributed by atoms with Crippen LogP contribution in [0.25, 0.3) is 72.0 Å². The van der Waals surface area contributed by atoms with Crippen molar-refractivity contribution in [1.82, 2.24) is 13.7 Å². The maximum absolute atomic E-state index is 14.8. The number of allylic oxidation sites excluding steroid dienone is 4. The molecule has 2 aromatic heterocycles. The fourth-order valence-electron chi connectivity index (χ4n) is 7.33. The molecule has 49 heavy (non-hydrogen) atoms. The van der Waals surface area contributed by atoms with Crippen molar-refractivity contribution in [3.05, 3.63) is 185 Å². The highest BCUT2D eigenvalue weighted by Gasteiger charge is 2.23. The van der Waals surface area contributed by atoms with Crippen molar-refractivity contribution in [1.29, 1.82) is 0 Å². The van der Waals surface area contributed by atoms with Gasteiger partial charge in [0.2, 0.25) is 0 Å². The first kappa shape index (κ1) is 28.7. The van der Waals surface area contributed by atoms with Gasteiger partial charge in [-0.05, 0) is 89.7 Å². The summed E-state index contributed by atoms with van der Waals surface area (Å²) in [7, 11) is 0. The van der Waals surface area contributed by atoms with E-state index in [0.29, 0.717) is 23.0 Å². The van der Waals surface area contributed by atoms with Crippen LogP contribution in [0.15, 0.2) is 173 Å². The van der Waals surface area contributed by atoms with Gasteiger partial charge in [-0.3, -0.25) is 9.36 Å². The number of hydrogen-bond acceptors (Lipinski definition) is 2. The summed E-state index contributed by atoms with van der Waals surface area (Å²) in [6.45, 7) is 0. The van der Waals surface area contributed by atoms with E-state index in [1.165, 1.54) is 4.57 Å². The maximum Gasteiger partial charge on any atom is 0.340 e. The fraction of sp³-hybridized carbons (Fsp3) is 0.0455. The monoisotopic (exact) mass is 633 g/mol. The van der Waals surface area contributed by atoms with Crippen LogP contribution in [-0.4, -0.2) is 13.7 Å². The van der Waals surface area contributed by atoms with E-state index in [4.69, 9.17) is 0 Å². The van der Waals surface area contributed by atoms with Crippen LogP contribution in [0.2, 0.25) is 0 Å². The summed E-state index contributed by atoms with van der Waals surface area (Å²) in [4.78, 5) is 29.1. The maximum atomic E-state index is 14.8. The van der Waals surface area contributed by atoms with Crippen molar-refractivity contribution >= 4 is 38.4 Å². The molecule has 0 aliphatic heterocycles. The Morgan fingerprint density at radius 3 is 1.69 bits per heavy atom. The quantitative estimate of drug-likeness (QED) is 0.189. The van der Waals surface area contributed by atoms with E-state index in [9.17, 15) is 9.59 Å². The van der Waals surface area contributed by atoms with Gasteiger partial charge < -0.3 is 4.57 Å². The Balaban J connectivity index is 1.43. The van der Waals surface area contributed by atoms with Gasteiger partial charge in [-0.15, -0.1) is 0 Å². The van der Waals surface area contributed by atoms with Gasteiger partial charge >= 0.3 is 5.69 Å². The molecule has 0 unspecified atom stereocenters. The van der Waals surface area contributed by atoms with Crippen LogP contribution >= 0.6 is 0 Å². The zero-order valence-corrected chi connectivity index (χ0v) is 26.7. The van der Waals surface area contributed by atoms with E-state index < -0.39 is 0 Å². The lowest BCUT2D eigenvalue weighted by Crippen LogP contribution is -2.38. The SMILES string of the molecule is O=c1c2c3c4ccccc4n(-c4cc(-c5ccccc5)cc(-c5ccccc5)c4)c3ccc2n(C2=CC=CCC2)c(=O)n1-c1ccccc1. The highest BCUT2D eigenvalue weighted by molar-refractivity contribution is 6.21. The van der Waals surface area contributed by atoms with Gasteiger partial charge in [-0.25, -0.2) is 9.36 Å². The smallest absolute Gasteiger partial charge is 0.309 e. The van der Waals surface area contributed by atoms with Gasteiger partial charge in [0.15, 0.2) is 0 Å². The average Bonchev–Trinajstić information content (AvgIpc) is 3.51. The molecule has 5 heteroatoms. The van der Waals surface area contributed by atoms with Crippen LogP contribution in [0.4, 0.5) is 0 Å². The standard InChI is InChI=1S/C44H31N3O2/c48-43-42-40(46(34-19-9-3-10-20-34)44(49)47(43)35-21-11-4-12-22-35)26-25-39-41(42)37-23-13-14-24-38(37)45(39)36-28-32(30-15-5-1-6-16-30)27-33(29-36)31-17-7-2-8-18-31/h1-9,11-19,21-29H,10,20H2. The predicted octanol–water partition coefficient (Wildman–Crippen LogP) is 9.77. The summed E-state index contributed by atoms with van der Waals surface area (Å²) in [5.74, 6) is 0. The molecule has 1 aliphatic carbocycles. The van der Waals surface area contributed by atoms with Crippen molar-refractivity contribution in [3.8, 4) is 33.6 Å². The molecule has 234 valence electrons. The molecule has 8 aromatic rings. The molecule has 1 aliphatic rings. The van der Waals surface area contributed by atoms with E-state index in [0.717, 1.165) is 61.9 Å². The summed E-state index contributed by atoms with van der Waals surface area (Å²) >= 11 is 0. The van der Waals surface area contributed by atoms with Gasteiger partial charge in [-0.2, -0.15) is 0 Å². The molecule has 0 saturated heterocycles. The van der Waals surface area contributed by atoms with Crippen molar-refractivity contribution in [2.75, 3.05) is 0 Å². The molecule has 0 spiro atoms. The summed E-state index contributed by atoms with van der Waals surface area (Å²) in [6.07, 6.45) is 7.60. The molecule has 6 aromatic carbocycles. The second kappa shape index (κ2) is 11.7. The van der Waals surface area contributed by atoms with E-state index in [1.807, 2.05) is 72.8 Å². The lowest BCUT2D eigenvalue weighted by Gasteiger charge is -2.18. The number of fused-ring (bicyclic) bond motifs is 5. The van der Waals surface area contributed by atoms with Crippen LogP contribution in [0, 0.1) is 0 Å². The third-order valence-electron chi connectivity index (χ3n) is 9.54. The van der Waals surface area contributed by atoms with Crippen molar-refractivity contribution in [2.24, 2.45) is 0 Å². The molecular formula is C44H31N3O2. The molecule has 0 atom stereocenters. The van der Waals surface area contributed by atoms with Crippen LogP contribution in [0.1, 0.15) is 12.8 Å². The lowest BCUT2D eigenvalue weighted by atomic mass is 9.98. The Morgan fingerprint density at radius 1 is 0.469 bits per heavy atom. The second-order valence-corrected chi connectivity index (χ2v) is 12.4. The molecule has 0 bridgehead atoms. The van der Waals surface area contributed by atoms with E-state index in [1.54, 1.807) is 4.57 Å².